The van der Waals surface area contributed by atoms with E-state index >= 15 is 0 Å². The molecule has 1 heterocycles. The lowest BCUT2D eigenvalue weighted by Crippen LogP contribution is -2.56. The number of carbonyl (C=O) groups excluding carboxylic acids is 1. The molecule has 0 aliphatic carbocycles. The van der Waals surface area contributed by atoms with Crippen LogP contribution in [0.3, 0.4) is 0 Å². The van der Waals surface area contributed by atoms with Gasteiger partial charge in [0.15, 0.2) is 0 Å². The summed E-state index contributed by atoms with van der Waals surface area (Å²) in [5, 5.41) is 11.7. The summed E-state index contributed by atoms with van der Waals surface area (Å²) in [4.78, 5) is 24.6. The first-order chi connectivity index (χ1) is 9.49. The van der Waals surface area contributed by atoms with Crippen LogP contribution in [0.2, 0.25) is 0 Å². The van der Waals surface area contributed by atoms with E-state index < -0.39 is 5.97 Å². The van der Waals surface area contributed by atoms with Crippen molar-refractivity contribution in [3.8, 4) is 0 Å². The summed E-state index contributed by atoms with van der Waals surface area (Å²) in [5.74, 6) is -0.467. The molecule has 1 atom stereocenters. The maximum absolute atomic E-state index is 12.0. The number of nitrogens with one attached hydrogen (secondary N) is 1. The first kappa shape index (κ1) is 14.4. The molecule has 108 valence electrons. The van der Waals surface area contributed by atoms with Gasteiger partial charge in [-0.3, -0.25) is 0 Å². The first-order valence-electron chi connectivity index (χ1n) is 6.85. The topological polar surface area (TPSA) is 69.6 Å². The van der Waals surface area contributed by atoms with Crippen LogP contribution in [0.15, 0.2) is 24.3 Å². The fourth-order valence-corrected chi connectivity index (χ4v) is 2.40. The Kier molecular flexibility index (Phi) is 4.27. The van der Waals surface area contributed by atoms with Crippen LogP contribution in [0, 0.1) is 5.92 Å². The van der Waals surface area contributed by atoms with Crippen LogP contribution in [-0.2, 0) is 6.54 Å². The zero-order valence-electron chi connectivity index (χ0n) is 11.8. The summed E-state index contributed by atoms with van der Waals surface area (Å²) in [6.45, 7) is 5.47. The molecule has 5 nitrogen and oxygen atoms in total. The molecular formula is C15H20N2O3. The third-order valence-electron chi connectivity index (χ3n) is 3.74. The highest BCUT2D eigenvalue weighted by molar-refractivity contribution is 5.87. The predicted octanol–water partition coefficient (Wildman–Crippen LogP) is 2.32. The van der Waals surface area contributed by atoms with Crippen molar-refractivity contribution in [1.29, 1.82) is 0 Å². The molecule has 2 N–H and O–H groups in total. The van der Waals surface area contributed by atoms with Gasteiger partial charge in [-0.25, -0.2) is 9.59 Å². The van der Waals surface area contributed by atoms with E-state index in [-0.39, 0.29) is 11.6 Å². The molecule has 1 aromatic carbocycles. The molecule has 2 amide bonds. The number of hydrogen-bond acceptors (Lipinski definition) is 2. The molecule has 2 rings (SSSR count). The molecule has 1 aliphatic rings. The van der Waals surface area contributed by atoms with Crippen molar-refractivity contribution in [2.45, 2.75) is 32.9 Å². The van der Waals surface area contributed by atoms with Crippen molar-refractivity contribution in [3.05, 3.63) is 35.4 Å². The second-order valence-electron chi connectivity index (χ2n) is 5.45. The second kappa shape index (κ2) is 5.94. The smallest absolute Gasteiger partial charge is 0.335 e. The van der Waals surface area contributed by atoms with Crippen LogP contribution in [0.4, 0.5) is 4.79 Å². The normalized spacial score (nSPS) is 17.8. The standard InChI is InChI=1S/C15H20N2O3/c1-10(2)13-7-8-17(13)15(20)16-9-11-3-5-12(6-4-11)14(18)19/h3-6,10,13H,7-9H2,1-2H3,(H,16,20)(H,18,19). The van der Waals surface area contributed by atoms with E-state index in [0.29, 0.717) is 18.5 Å². The van der Waals surface area contributed by atoms with Crippen molar-refractivity contribution in [2.75, 3.05) is 6.54 Å². The summed E-state index contributed by atoms with van der Waals surface area (Å²) in [7, 11) is 0. The quantitative estimate of drug-likeness (QED) is 0.886. The van der Waals surface area contributed by atoms with Gasteiger partial charge in [-0.2, -0.15) is 0 Å². The minimum atomic E-state index is -0.944. The van der Waals surface area contributed by atoms with E-state index in [9.17, 15) is 9.59 Å². The van der Waals surface area contributed by atoms with Crippen LogP contribution < -0.4 is 5.32 Å². The molecule has 20 heavy (non-hydrogen) atoms. The van der Waals surface area contributed by atoms with Gasteiger partial charge in [0.25, 0.3) is 0 Å². The van der Waals surface area contributed by atoms with E-state index in [0.717, 1.165) is 18.5 Å². The number of carboxylic acid groups (broad SMARTS) is 1. The lowest BCUT2D eigenvalue weighted by Gasteiger charge is -2.43. The van der Waals surface area contributed by atoms with Crippen LogP contribution in [0.25, 0.3) is 0 Å². The molecule has 0 aromatic heterocycles. The lowest BCUT2D eigenvalue weighted by atomic mass is 9.92. The monoisotopic (exact) mass is 276 g/mol. The molecule has 0 bridgehead atoms. The Balaban J connectivity index is 1.86. The largest absolute Gasteiger partial charge is 0.478 e. The Bertz CT molecular complexity index is 496. The number of urea groups is 1. The molecule has 1 fully saturated rings. The highest BCUT2D eigenvalue weighted by Crippen LogP contribution is 2.24. The van der Waals surface area contributed by atoms with E-state index in [1.54, 1.807) is 24.3 Å². The van der Waals surface area contributed by atoms with Crippen molar-refractivity contribution in [2.24, 2.45) is 5.92 Å². The third kappa shape index (κ3) is 3.10. The third-order valence-corrected chi connectivity index (χ3v) is 3.74. The zero-order valence-corrected chi connectivity index (χ0v) is 11.8. The number of carbonyl (C=O) groups is 2. The number of benzene rings is 1. The number of aromatic carboxylic acids is 1. The summed E-state index contributed by atoms with van der Waals surface area (Å²) in [5.41, 5.74) is 1.15. The number of likely N-dealkylation sites (tertiary alicyclic amines) is 1. The molecule has 1 aliphatic heterocycles. The highest BCUT2D eigenvalue weighted by Gasteiger charge is 2.33. The first-order valence-corrected chi connectivity index (χ1v) is 6.85. The SMILES string of the molecule is CC(C)C1CCN1C(=O)NCc1ccc(C(=O)O)cc1. The minimum absolute atomic E-state index is 0.0442. The maximum atomic E-state index is 12.0. The van der Waals surface area contributed by atoms with Crippen molar-refractivity contribution >= 4 is 12.0 Å². The van der Waals surface area contributed by atoms with E-state index in [2.05, 4.69) is 19.2 Å². The van der Waals surface area contributed by atoms with E-state index in [4.69, 9.17) is 5.11 Å². The molecule has 5 heteroatoms. The molecule has 0 spiro atoms. The number of carboxylic acids is 1. The molecule has 1 aromatic rings. The predicted molar refractivity (Wildman–Crippen MR) is 75.6 cm³/mol. The Morgan fingerprint density at radius 1 is 1.35 bits per heavy atom. The summed E-state index contributed by atoms with van der Waals surface area (Å²) >= 11 is 0. The average molecular weight is 276 g/mol. The van der Waals surface area contributed by atoms with Crippen molar-refractivity contribution in [1.82, 2.24) is 10.2 Å². The Morgan fingerprint density at radius 3 is 2.45 bits per heavy atom. The molecule has 1 saturated heterocycles. The number of rotatable bonds is 4. The van der Waals surface area contributed by atoms with Crippen LogP contribution in [0.1, 0.15) is 36.2 Å². The Labute approximate surface area is 118 Å². The van der Waals surface area contributed by atoms with Crippen LogP contribution in [0.5, 0.6) is 0 Å². The second-order valence-corrected chi connectivity index (χ2v) is 5.45. The van der Waals surface area contributed by atoms with Gasteiger partial charge in [-0.1, -0.05) is 26.0 Å². The van der Waals surface area contributed by atoms with E-state index in [1.165, 1.54) is 0 Å². The van der Waals surface area contributed by atoms with Crippen LogP contribution >= 0.6 is 0 Å². The van der Waals surface area contributed by atoms with Gasteiger partial charge in [0.05, 0.1) is 5.56 Å². The summed E-state index contributed by atoms with van der Waals surface area (Å²) in [6.07, 6.45) is 1.07. The minimum Gasteiger partial charge on any atom is -0.478 e. The van der Waals surface area contributed by atoms with Gasteiger partial charge >= 0.3 is 12.0 Å². The van der Waals surface area contributed by atoms with Crippen molar-refractivity contribution < 1.29 is 14.7 Å². The van der Waals surface area contributed by atoms with Crippen molar-refractivity contribution in [3.63, 3.8) is 0 Å². The van der Waals surface area contributed by atoms with Gasteiger partial charge < -0.3 is 15.3 Å². The summed E-state index contributed by atoms with van der Waals surface area (Å²) < 4.78 is 0. The van der Waals surface area contributed by atoms with Gasteiger partial charge in [-0.05, 0) is 30.0 Å². The van der Waals surface area contributed by atoms with Gasteiger partial charge in [0, 0.05) is 19.1 Å². The fraction of sp³-hybridized carbons (Fsp3) is 0.467. The molecule has 0 saturated carbocycles. The zero-order chi connectivity index (χ0) is 14.7. The number of nitrogens with zero attached hydrogens (tertiary/aromatic N) is 1. The summed E-state index contributed by atoms with van der Waals surface area (Å²) in [6, 6.07) is 6.83. The lowest BCUT2D eigenvalue weighted by molar-refractivity contribution is 0.0696. The molecule has 0 radical (unpaired) electrons. The molecular weight excluding hydrogens is 256 g/mol. The number of amides is 2. The van der Waals surface area contributed by atoms with Gasteiger partial charge in [-0.15, -0.1) is 0 Å². The Morgan fingerprint density at radius 2 is 2.00 bits per heavy atom. The number of hydrogen-bond donors (Lipinski definition) is 2. The van der Waals surface area contributed by atoms with Crippen LogP contribution in [-0.4, -0.2) is 34.6 Å². The van der Waals surface area contributed by atoms with Gasteiger partial charge in [0.1, 0.15) is 0 Å². The maximum Gasteiger partial charge on any atom is 0.335 e. The van der Waals surface area contributed by atoms with E-state index in [1.807, 2.05) is 4.90 Å². The fourth-order valence-electron chi connectivity index (χ4n) is 2.40. The Hall–Kier alpha value is -2.04. The molecule has 1 unspecified atom stereocenters. The average Bonchev–Trinajstić information content (AvgIpc) is 2.34. The van der Waals surface area contributed by atoms with Gasteiger partial charge in [0.2, 0.25) is 0 Å². The highest BCUT2D eigenvalue weighted by atomic mass is 16.4.